The molecule has 0 radical (unpaired) electrons. The Morgan fingerprint density at radius 3 is 2.53 bits per heavy atom. The fourth-order valence-corrected chi connectivity index (χ4v) is 2.11. The van der Waals surface area contributed by atoms with Crippen molar-refractivity contribution in [3.8, 4) is 0 Å². The molecule has 19 heavy (non-hydrogen) atoms. The second-order valence-corrected chi connectivity index (χ2v) is 5.18. The summed E-state index contributed by atoms with van der Waals surface area (Å²) in [6.45, 7) is 4.32. The Morgan fingerprint density at radius 1 is 1.21 bits per heavy atom. The van der Waals surface area contributed by atoms with Gasteiger partial charge in [0.15, 0.2) is 0 Å². The number of hydrogen-bond acceptors (Lipinski definition) is 2. The summed E-state index contributed by atoms with van der Waals surface area (Å²) in [6, 6.07) is 10.4. The predicted octanol–water partition coefficient (Wildman–Crippen LogP) is 2.85. The van der Waals surface area contributed by atoms with Crippen molar-refractivity contribution in [3.63, 3.8) is 0 Å². The highest BCUT2D eigenvalue weighted by Crippen LogP contribution is 2.19. The number of aliphatic hydroxyl groups excluding tert-OH is 1. The number of rotatable bonds is 8. The summed E-state index contributed by atoms with van der Waals surface area (Å²) in [4.78, 5) is 11.8. The quantitative estimate of drug-likeness (QED) is 0.757. The summed E-state index contributed by atoms with van der Waals surface area (Å²) in [5.41, 5.74) is 1.28. The molecule has 0 saturated carbocycles. The van der Waals surface area contributed by atoms with Crippen LogP contribution in [0.5, 0.6) is 0 Å². The van der Waals surface area contributed by atoms with Gasteiger partial charge in [-0.1, -0.05) is 37.3 Å². The van der Waals surface area contributed by atoms with Gasteiger partial charge in [-0.25, -0.2) is 0 Å². The Labute approximate surface area is 116 Å². The summed E-state index contributed by atoms with van der Waals surface area (Å²) in [6.07, 6.45) is 2.99. The first-order valence-corrected chi connectivity index (χ1v) is 7.08. The monoisotopic (exact) mass is 263 g/mol. The van der Waals surface area contributed by atoms with Crippen molar-refractivity contribution in [1.29, 1.82) is 0 Å². The van der Waals surface area contributed by atoms with E-state index in [0.29, 0.717) is 12.3 Å². The van der Waals surface area contributed by atoms with Crippen LogP contribution in [-0.4, -0.2) is 23.7 Å². The van der Waals surface area contributed by atoms with Gasteiger partial charge in [0.05, 0.1) is 0 Å². The Morgan fingerprint density at radius 2 is 1.89 bits per heavy atom. The first-order valence-electron chi connectivity index (χ1n) is 7.08. The van der Waals surface area contributed by atoms with Crippen LogP contribution in [0.15, 0.2) is 30.3 Å². The van der Waals surface area contributed by atoms with Crippen molar-refractivity contribution < 1.29 is 9.90 Å². The van der Waals surface area contributed by atoms with Crippen molar-refractivity contribution in [3.05, 3.63) is 35.9 Å². The van der Waals surface area contributed by atoms with Crippen LogP contribution < -0.4 is 5.32 Å². The van der Waals surface area contributed by atoms with E-state index in [4.69, 9.17) is 5.11 Å². The molecule has 0 aromatic heterocycles. The van der Waals surface area contributed by atoms with Gasteiger partial charge in [0, 0.05) is 19.1 Å². The van der Waals surface area contributed by atoms with Crippen LogP contribution in [0.4, 0.5) is 0 Å². The molecule has 1 aromatic carbocycles. The number of nitrogens with one attached hydrogen (secondary N) is 1. The van der Waals surface area contributed by atoms with Crippen LogP contribution in [0.25, 0.3) is 0 Å². The molecular formula is C16H25NO2. The second kappa shape index (κ2) is 8.70. The molecule has 0 aliphatic carbocycles. The molecule has 0 bridgehead atoms. The molecular weight excluding hydrogens is 238 g/mol. The van der Waals surface area contributed by atoms with Crippen molar-refractivity contribution in [2.45, 2.75) is 51.5 Å². The molecule has 0 aliphatic heterocycles. The summed E-state index contributed by atoms with van der Waals surface area (Å²) >= 11 is 0. The number of aliphatic hydroxyl groups is 1. The van der Waals surface area contributed by atoms with E-state index >= 15 is 0 Å². The number of carbonyl (C=O) groups excluding carboxylic acids is 1. The molecule has 1 aromatic rings. The van der Waals surface area contributed by atoms with E-state index in [-0.39, 0.29) is 18.6 Å². The van der Waals surface area contributed by atoms with Gasteiger partial charge in [0.1, 0.15) is 0 Å². The maximum absolute atomic E-state index is 11.8. The fraction of sp³-hybridized carbons (Fsp3) is 0.562. The zero-order valence-corrected chi connectivity index (χ0v) is 11.9. The van der Waals surface area contributed by atoms with Gasteiger partial charge in [0.25, 0.3) is 0 Å². The molecule has 0 fully saturated rings. The molecule has 0 spiro atoms. The highest BCUT2D eigenvalue weighted by molar-refractivity contribution is 5.76. The molecule has 3 nitrogen and oxygen atoms in total. The van der Waals surface area contributed by atoms with Crippen molar-refractivity contribution in [2.75, 3.05) is 6.61 Å². The SMILES string of the molecule is CC(CCCO)NC(=O)CCC(C)c1ccccc1. The first kappa shape index (κ1) is 15.7. The van der Waals surface area contributed by atoms with Crippen molar-refractivity contribution in [1.82, 2.24) is 5.32 Å². The van der Waals surface area contributed by atoms with E-state index in [0.717, 1.165) is 19.3 Å². The molecule has 0 heterocycles. The number of benzene rings is 1. The van der Waals surface area contributed by atoms with Gasteiger partial charge >= 0.3 is 0 Å². The minimum absolute atomic E-state index is 0.105. The smallest absolute Gasteiger partial charge is 0.220 e. The van der Waals surface area contributed by atoms with E-state index in [2.05, 4.69) is 24.4 Å². The van der Waals surface area contributed by atoms with E-state index in [1.54, 1.807) is 0 Å². The van der Waals surface area contributed by atoms with Gasteiger partial charge in [0.2, 0.25) is 5.91 Å². The van der Waals surface area contributed by atoms with Gasteiger partial charge < -0.3 is 10.4 Å². The largest absolute Gasteiger partial charge is 0.396 e. The maximum Gasteiger partial charge on any atom is 0.220 e. The zero-order chi connectivity index (χ0) is 14.1. The van der Waals surface area contributed by atoms with Crippen LogP contribution in [0.2, 0.25) is 0 Å². The summed E-state index contributed by atoms with van der Waals surface area (Å²) in [7, 11) is 0. The molecule has 2 unspecified atom stereocenters. The van der Waals surface area contributed by atoms with E-state index < -0.39 is 0 Å². The fourth-order valence-electron chi connectivity index (χ4n) is 2.11. The van der Waals surface area contributed by atoms with Gasteiger partial charge in [-0.3, -0.25) is 4.79 Å². The lowest BCUT2D eigenvalue weighted by molar-refractivity contribution is -0.121. The molecule has 3 heteroatoms. The lowest BCUT2D eigenvalue weighted by Crippen LogP contribution is -2.32. The molecule has 2 N–H and O–H groups in total. The van der Waals surface area contributed by atoms with E-state index in [9.17, 15) is 4.79 Å². The lowest BCUT2D eigenvalue weighted by Gasteiger charge is -2.15. The Kier molecular flexibility index (Phi) is 7.19. The molecule has 1 amide bonds. The summed E-state index contributed by atoms with van der Waals surface area (Å²) in [5.74, 6) is 0.507. The maximum atomic E-state index is 11.8. The topological polar surface area (TPSA) is 49.3 Å². The standard InChI is InChI=1S/C16H25NO2/c1-13(15-8-4-3-5-9-15)10-11-16(19)17-14(2)7-6-12-18/h3-5,8-9,13-14,18H,6-7,10-12H2,1-2H3,(H,17,19). The normalized spacial score (nSPS) is 13.8. The van der Waals surface area contributed by atoms with Crippen LogP contribution in [-0.2, 0) is 4.79 Å². The third-order valence-electron chi connectivity index (χ3n) is 3.38. The Balaban J connectivity index is 2.26. The predicted molar refractivity (Wildman–Crippen MR) is 78.0 cm³/mol. The number of amides is 1. The second-order valence-electron chi connectivity index (χ2n) is 5.18. The van der Waals surface area contributed by atoms with Crippen molar-refractivity contribution in [2.24, 2.45) is 0 Å². The zero-order valence-electron chi connectivity index (χ0n) is 11.9. The van der Waals surface area contributed by atoms with Crippen LogP contribution in [0.1, 0.15) is 51.0 Å². The molecule has 0 aliphatic rings. The van der Waals surface area contributed by atoms with Gasteiger partial charge in [-0.2, -0.15) is 0 Å². The third kappa shape index (κ3) is 6.39. The highest BCUT2D eigenvalue weighted by atomic mass is 16.2. The van der Waals surface area contributed by atoms with Crippen molar-refractivity contribution >= 4 is 5.91 Å². The first-order chi connectivity index (χ1) is 9.13. The minimum Gasteiger partial charge on any atom is -0.396 e. The third-order valence-corrected chi connectivity index (χ3v) is 3.38. The van der Waals surface area contributed by atoms with Gasteiger partial charge in [-0.15, -0.1) is 0 Å². The Hall–Kier alpha value is -1.35. The average molecular weight is 263 g/mol. The minimum atomic E-state index is 0.105. The van der Waals surface area contributed by atoms with E-state index in [1.807, 2.05) is 25.1 Å². The molecule has 0 saturated heterocycles. The molecule has 106 valence electrons. The van der Waals surface area contributed by atoms with Gasteiger partial charge in [-0.05, 0) is 37.7 Å². The van der Waals surface area contributed by atoms with Crippen LogP contribution in [0.3, 0.4) is 0 Å². The molecule has 1 rings (SSSR count). The van der Waals surface area contributed by atoms with E-state index in [1.165, 1.54) is 5.56 Å². The van der Waals surface area contributed by atoms with Crippen LogP contribution in [0, 0.1) is 0 Å². The summed E-state index contributed by atoms with van der Waals surface area (Å²) in [5, 5.41) is 11.7. The number of hydrogen-bond donors (Lipinski definition) is 2. The lowest BCUT2D eigenvalue weighted by atomic mass is 9.96. The number of carbonyl (C=O) groups is 1. The highest BCUT2D eigenvalue weighted by Gasteiger charge is 2.10. The Bertz CT molecular complexity index is 364. The molecule has 2 atom stereocenters. The summed E-state index contributed by atoms with van der Waals surface area (Å²) < 4.78 is 0. The average Bonchev–Trinajstić information content (AvgIpc) is 2.43. The van der Waals surface area contributed by atoms with Crippen LogP contribution >= 0.6 is 0 Å².